The zero-order valence-corrected chi connectivity index (χ0v) is 19.3. The molecule has 2 amide bonds. The number of tetrazole rings is 1. The van der Waals surface area contributed by atoms with Crippen LogP contribution in [-0.4, -0.2) is 72.8 Å². The molecule has 36 heavy (non-hydrogen) atoms. The van der Waals surface area contributed by atoms with Crippen LogP contribution >= 0.6 is 0 Å². The normalized spacial score (nSPS) is 13.8. The van der Waals surface area contributed by atoms with Gasteiger partial charge in [-0.3, -0.25) is 9.59 Å². The van der Waals surface area contributed by atoms with E-state index < -0.39 is 0 Å². The number of benzene rings is 3. The first-order chi connectivity index (χ1) is 17.7. The van der Waals surface area contributed by atoms with E-state index >= 15 is 0 Å². The Morgan fingerprint density at radius 2 is 1.33 bits per heavy atom. The first-order valence-corrected chi connectivity index (χ1v) is 11.6. The second-order valence-electron chi connectivity index (χ2n) is 8.52. The molecule has 10 heteroatoms. The molecule has 5 aromatic rings. The molecule has 10 nitrogen and oxygen atoms in total. The van der Waals surface area contributed by atoms with E-state index in [9.17, 15) is 9.59 Å². The number of para-hydroxylation sites is 2. The number of carbonyl (C=O) groups excluding carboxylic acids is 2. The molecule has 1 aliphatic heterocycles. The number of hydrogen-bond acceptors (Lipinski definition) is 7. The summed E-state index contributed by atoms with van der Waals surface area (Å²) in [5.74, 6) is 0.468. The van der Waals surface area contributed by atoms with Gasteiger partial charge in [0.1, 0.15) is 0 Å². The summed E-state index contributed by atoms with van der Waals surface area (Å²) < 4.78 is 1.64. The molecule has 1 fully saturated rings. The van der Waals surface area contributed by atoms with Gasteiger partial charge < -0.3 is 15.1 Å². The lowest BCUT2D eigenvalue weighted by molar-refractivity contribution is 0.0535. The van der Waals surface area contributed by atoms with Gasteiger partial charge in [-0.1, -0.05) is 30.3 Å². The molecule has 3 heterocycles. The highest BCUT2D eigenvalue weighted by molar-refractivity contribution is 5.96. The number of rotatable bonds is 4. The maximum absolute atomic E-state index is 13.1. The van der Waals surface area contributed by atoms with E-state index in [2.05, 4.69) is 25.8 Å². The van der Waals surface area contributed by atoms with Gasteiger partial charge in [-0.25, -0.2) is 4.98 Å². The number of anilines is 2. The van der Waals surface area contributed by atoms with Crippen molar-refractivity contribution in [2.24, 2.45) is 0 Å². The number of nitrogens with zero attached hydrogens (tertiary/aromatic N) is 7. The molecular weight excluding hydrogens is 456 g/mol. The van der Waals surface area contributed by atoms with Gasteiger partial charge in [-0.15, -0.1) is 5.10 Å². The number of nitrogens with one attached hydrogen (secondary N) is 1. The molecule has 0 unspecified atom stereocenters. The van der Waals surface area contributed by atoms with Gasteiger partial charge in [0, 0.05) is 43.0 Å². The summed E-state index contributed by atoms with van der Waals surface area (Å²) in [6, 6.07) is 24.1. The van der Waals surface area contributed by atoms with Gasteiger partial charge in [0.15, 0.2) is 5.82 Å². The fourth-order valence-corrected chi connectivity index (χ4v) is 4.38. The highest BCUT2D eigenvalue weighted by Crippen LogP contribution is 2.23. The fraction of sp³-hybridized carbons (Fsp3) is 0.154. The second kappa shape index (κ2) is 9.06. The molecule has 0 saturated carbocycles. The summed E-state index contributed by atoms with van der Waals surface area (Å²) in [6.07, 6.45) is 0. The van der Waals surface area contributed by atoms with Crippen LogP contribution in [-0.2, 0) is 0 Å². The van der Waals surface area contributed by atoms with Gasteiger partial charge in [0.05, 0.1) is 11.0 Å². The van der Waals surface area contributed by atoms with E-state index in [-0.39, 0.29) is 11.8 Å². The zero-order chi connectivity index (χ0) is 24.5. The Labute approximate surface area is 206 Å². The van der Waals surface area contributed by atoms with Crippen molar-refractivity contribution in [2.45, 2.75) is 0 Å². The third-order valence-electron chi connectivity index (χ3n) is 6.29. The van der Waals surface area contributed by atoms with Crippen molar-refractivity contribution in [1.82, 2.24) is 34.8 Å². The van der Waals surface area contributed by atoms with Crippen LogP contribution in [0.5, 0.6) is 0 Å². The van der Waals surface area contributed by atoms with Gasteiger partial charge >= 0.3 is 0 Å². The second-order valence-corrected chi connectivity index (χ2v) is 8.52. The van der Waals surface area contributed by atoms with Crippen molar-refractivity contribution in [2.75, 3.05) is 31.5 Å². The van der Waals surface area contributed by atoms with E-state index in [1.807, 2.05) is 66.7 Å². The Kier molecular flexibility index (Phi) is 5.45. The lowest BCUT2D eigenvalue weighted by Crippen LogP contribution is -2.50. The maximum Gasteiger partial charge on any atom is 0.253 e. The Morgan fingerprint density at radius 1 is 0.722 bits per heavy atom. The number of amides is 2. The SMILES string of the molecule is O=C(c1ccccc1)N1CCN(C(=O)c2ccc(Nc3nc4ccccc4n4nnnc34)cc2)CC1. The molecule has 1 N–H and O–H groups in total. The fourth-order valence-electron chi connectivity index (χ4n) is 4.38. The Bertz CT molecular complexity index is 1560. The molecule has 178 valence electrons. The van der Waals surface area contributed by atoms with Crippen molar-refractivity contribution in [3.8, 4) is 0 Å². The summed E-state index contributed by atoms with van der Waals surface area (Å²) >= 11 is 0. The Hall–Kier alpha value is -4.86. The van der Waals surface area contributed by atoms with Crippen molar-refractivity contribution in [1.29, 1.82) is 0 Å². The lowest BCUT2D eigenvalue weighted by Gasteiger charge is -2.35. The quantitative estimate of drug-likeness (QED) is 0.423. The highest BCUT2D eigenvalue weighted by atomic mass is 16.2. The van der Waals surface area contributed by atoms with Gasteiger partial charge in [-0.05, 0) is 59.0 Å². The molecule has 0 atom stereocenters. The van der Waals surface area contributed by atoms with Crippen molar-refractivity contribution >= 4 is 40.0 Å². The Balaban J connectivity index is 1.13. The van der Waals surface area contributed by atoms with Gasteiger partial charge in [0.2, 0.25) is 5.65 Å². The molecule has 0 spiro atoms. The van der Waals surface area contributed by atoms with Gasteiger partial charge in [0.25, 0.3) is 11.8 Å². The van der Waals surface area contributed by atoms with Crippen molar-refractivity contribution < 1.29 is 9.59 Å². The molecule has 6 rings (SSSR count). The van der Waals surface area contributed by atoms with Crippen LogP contribution in [0.4, 0.5) is 11.5 Å². The predicted molar refractivity (Wildman–Crippen MR) is 134 cm³/mol. The molecule has 0 radical (unpaired) electrons. The molecule has 1 saturated heterocycles. The maximum atomic E-state index is 13.1. The van der Waals surface area contributed by atoms with E-state index in [1.165, 1.54) is 0 Å². The molecule has 1 aliphatic rings. The summed E-state index contributed by atoms with van der Waals surface area (Å²) in [6.45, 7) is 2.01. The number of piperazine rings is 1. The topological polar surface area (TPSA) is 109 Å². The average Bonchev–Trinajstić information content (AvgIpc) is 3.44. The average molecular weight is 479 g/mol. The van der Waals surface area contributed by atoms with Crippen molar-refractivity contribution in [3.63, 3.8) is 0 Å². The third kappa shape index (κ3) is 3.98. The minimum Gasteiger partial charge on any atom is -0.337 e. The highest BCUT2D eigenvalue weighted by Gasteiger charge is 2.25. The molecule has 2 aromatic heterocycles. The van der Waals surface area contributed by atoms with E-state index in [1.54, 1.807) is 26.4 Å². The minimum atomic E-state index is -0.0544. The molecule has 3 aromatic carbocycles. The van der Waals surface area contributed by atoms with E-state index in [4.69, 9.17) is 0 Å². The standard InChI is InChI=1S/C26H22N8O2/c35-25(18-6-2-1-3-7-18)32-14-16-33(17-15-32)26(36)19-10-12-20(13-11-19)27-23-24-29-30-31-34(24)22-9-5-4-8-21(22)28-23/h1-13H,14-17H2,(H,27,28). The number of aromatic nitrogens is 5. The molecule has 0 bridgehead atoms. The number of fused-ring (bicyclic) bond motifs is 3. The number of hydrogen-bond donors (Lipinski definition) is 1. The largest absolute Gasteiger partial charge is 0.337 e. The summed E-state index contributed by atoms with van der Waals surface area (Å²) in [5.41, 5.74) is 4.10. The van der Waals surface area contributed by atoms with Crippen LogP contribution in [0.25, 0.3) is 16.7 Å². The van der Waals surface area contributed by atoms with E-state index in [0.717, 1.165) is 16.7 Å². The third-order valence-corrected chi connectivity index (χ3v) is 6.29. The van der Waals surface area contributed by atoms with Crippen molar-refractivity contribution in [3.05, 3.63) is 90.0 Å². The lowest BCUT2D eigenvalue weighted by atomic mass is 10.1. The van der Waals surface area contributed by atoms with Crippen LogP contribution in [0.3, 0.4) is 0 Å². The first-order valence-electron chi connectivity index (χ1n) is 11.6. The van der Waals surface area contributed by atoms with Crippen LogP contribution < -0.4 is 5.32 Å². The zero-order valence-electron chi connectivity index (χ0n) is 19.3. The smallest absolute Gasteiger partial charge is 0.253 e. The van der Waals surface area contributed by atoms with Crippen LogP contribution in [0.15, 0.2) is 78.9 Å². The predicted octanol–water partition coefficient (Wildman–Crippen LogP) is 3.01. The van der Waals surface area contributed by atoms with Gasteiger partial charge in [-0.2, -0.15) is 4.52 Å². The summed E-state index contributed by atoms with van der Waals surface area (Å²) in [4.78, 5) is 34.0. The number of carbonyl (C=O) groups is 2. The minimum absolute atomic E-state index is 0.00240. The summed E-state index contributed by atoms with van der Waals surface area (Å²) in [5, 5.41) is 15.2. The summed E-state index contributed by atoms with van der Waals surface area (Å²) in [7, 11) is 0. The van der Waals surface area contributed by atoms with Crippen LogP contribution in [0, 0.1) is 0 Å². The Morgan fingerprint density at radius 3 is 2.03 bits per heavy atom. The molecule has 0 aliphatic carbocycles. The monoisotopic (exact) mass is 478 g/mol. The van der Waals surface area contributed by atoms with Crippen LogP contribution in [0.2, 0.25) is 0 Å². The first kappa shape index (κ1) is 21.7. The molecular formula is C26H22N8O2. The van der Waals surface area contributed by atoms with E-state index in [0.29, 0.717) is 48.8 Å². The van der Waals surface area contributed by atoms with Crippen LogP contribution in [0.1, 0.15) is 20.7 Å².